The molecule has 0 atom stereocenters. The second-order valence-electron chi connectivity index (χ2n) is 6.59. The van der Waals surface area contributed by atoms with Gasteiger partial charge in [0.25, 0.3) is 10.0 Å². The van der Waals surface area contributed by atoms with E-state index in [0.29, 0.717) is 16.4 Å². The van der Waals surface area contributed by atoms with Crippen molar-refractivity contribution in [3.8, 4) is 0 Å². The Hall–Kier alpha value is -2.83. The van der Waals surface area contributed by atoms with Gasteiger partial charge in [-0.25, -0.2) is 8.42 Å². The van der Waals surface area contributed by atoms with E-state index in [0.717, 1.165) is 11.1 Å². The minimum atomic E-state index is -3.64. The number of hydrogen-bond acceptors (Lipinski definition) is 3. The van der Waals surface area contributed by atoms with E-state index in [-0.39, 0.29) is 17.2 Å². The van der Waals surface area contributed by atoms with Gasteiger partial charge in [0.15, 0.2) is 0 Å². The number of anilines is 2. The van der Waals surface area contributed by atoms with Crippen LogP contribution < -0.4 is 9.62 Å². The highest BCUT2D eigenvalue weighted by atomic mass is 35.5. The molecule has 1 N–H and O–H groups in total. The summed E-state index contributed by atoms with van der Waals surface area (Å²) in [6, 6.07) is 20.5. The molecule has 0 fully saturated rings. The second kappa shape index (κ2) is 8.68. The average Bonchev–Trinajstić information content (AvgIpc) is 2.72. The Kier molecular flexibility index (Phi) is 6.25. The third kappa shape index (κ3) is 4.78. The van der Waals surface area contributed by atoms with Gasteiger partial charge in [0.05, 0.1) is 17.0 Å². The molecular weight excluding hydrogens is 408 g/mol. The molecule has 0 aliphatic carbocycles. The largest absolute Gasteiger partial charge is 0.326 e. The number of sulfonamides is 1. The molecule has 1 amide bonds. The van der Waals surface area contributed by atoms with Crippen molar-refractivity contribution >= 4 is 38.9 Å². The Morgan fingerprint density at radius 1 is 0.966 bits per heavy atom. The van der Waals surface area contributed by atoms with Crippen LogP contribution in [0.25, 0.3) is 0 Å². The van der Waals surface area contributed by atoms with Crippen molar-refractivity contribution in [2.45, 2.75) is 18.2 Å². The summed E-state index contributed by atoms with van der Waals surface area (Å²) in [7, 11) is -2.13. The predicted octanol–water partition coefficient (Wildman–Crippen LogP) is 4.65. The van der Waals surface area contributed by atoms with Crippen LogP contribution in [-0.2, 0) is 21.2 Å². The maximum Gasteiger partial charge on any atom is 0.264 e. The van der Waals surface area contributed by atoms with Crippen LogP contribution in [0.5, 0.6) is 0 Å². The molecule has 0 heterocycles. The van der Waals surface area contributed by atoms with Crippen molar-refractivity contribution in [2.75, 3.05) is 16.7 Å². The van der Waals surface area contributed by atoms with Crippen molar-refractivity contribution in [3.05, 3.63) is 88.9 Å². The molecule has 0 saturated heterocycles. The molecule has 3 aromatic carbocycles. The highest BCUT2D eigenvalue weighted by Gasteiger charge is 2.20. The monoisotopic (exact) mass is 428 g/mol. The number of rotatable bonds is 6. The molecule has 5 nitrogen and oxygen atoms in total. The highest BCUT2D eigenvalue weighted by molar-refractivity contribution is 7.92. The maximum absolute atomic E-state index is 12.7. The summed E-state index contributed by atoms with van der Waals surface area (Å²) < 4.78 is 26.6. The molecule has 3 rings (SSSR count). The first-order chi connectivity index (χ1) is 13.8. The van der Waals surface area contributed by atoms with E-state index in [2.05, 4.69) is 5.32 Å². The molecule has 7 heteroatoms. The molecule has 0 spiro atoms. The number of nitrogens with zero attached hydrogens (tertiary/aromatic N) is 1. The van der Waals surface area contributed by atoms with E-state index < -0.39 is 10.0 Å². The smallest absolute Gasteiger partial charge is 0.264 e. The van der Waals surface area contributed by atoms with Crippen molar-refractivity contribution in [3.63, 3.8) is 0 Å². The third-order valence-corrected chi connectivity index (χ3v) is 6.82. The van der Waals surface area contributed by atoms with Gasteiger partial charge >= 0.3 is 0 Å². The summed E-state index contributed by atoms with van der Waals surface area (Å²) in [6.45, 7) is 1.84. The number of nitrogens with one attached hydrogen (secondary N) is 1. The minimum absolute atomic E-state index is 0.168. The molecule has 0 aliphatic heterocycles. The van der Waals surface area contributed by atoms with Crippen molar-refractivity contribution < 1.29 is 13.2 Å². The molecule has 29 heavy (non-hydrogen) atoms. The standard InChI is InChI=1S/C22H21ClN2O3S/c1-16-20(23)9-6-10-21(16)24-22(26)15-17-11-13-18(14-12-17)25(2)29(27,28)19-7-4-3-5-8-19/h3-14H,15H2,1-2H3,(H,24,26). The maximum atomic E-state index is 12.7. The summed E-state index contributed by atoms with van der Waals surface area (Å²) in [5, 5.41) is 3.45. The molecule has 0 aliphatic rings. The lowest BCUT2D eigenvalue weighted by atomic mass is 10.1. The van der Waals surface area contributed by atoms with E-state index >= 15 is 0 Å². The first-order valence-electron chi connectivity index (χ1n) is 8.97. The fourth-order valence-corrected chi connectivity index (χ4v) is 4.23. The number of hydrogen-bond donors (Lipinski definition) is 1. The number of amides is 1. The Labute approximate surface area is 176 Å². The van der Waals surface area contributed by atoms with E-state index in [1.807, 2.05) is 6.92 Å². The predicted molar refractivity (Wildman–Crippen MR) is 117 cm³/mol. The SMILES string of the molecule is Cc1c(Cl)cccc1NC(=O)Cc1ccc(N(C)S(=O)(=O)c2ccccc2)cc1. The lowest BCUT2D eigenvalue weighted by molar-refractivity contribution is -0.115. The Bertz CT molecular complexity index is 1110. The van der Waals surface area contributed by atoms with Gasteiger partial charge in [-0.05, 0) is 54.4 Å². The van der Waals surface area contributed by atoms with Crippen LogP contribution in [0.15, 0.2) is 77.7 Å². The lowest BCUT2D eigenvalue weighted by Gasteiger charge is -2.19. The number of carbonyl (C=O) groups is 1. The van der Waals surface area contributed by atoms with Crippen LogP contribution in [0.2, 0.25) is 5.02 Å². The number of benzene rings is 3. The lowest BCUT2D eigenvalue weighted by Crippen LogP contribution is -2.26. The first kappa shape index (κ1) is 20.9. The van der Waals surface area contributed by atoms with Gasteiger partial charge in [-0.1, -0.05) is 48.0 Å². The van der Waals surface area contributed by atoms with E-state index in [1.54, 1.807) is 72.8 Å². The van der Waals surface area contributed by atoms with E-state index in [1.165, 1.54) is 11.4 Å². The van der Waals surface area contributed by atoms with Crippen LogP contribution in [0.1, 0.15) is 11.1 Å². The summed E-state index contributed by atoms with van der Waals surface area (Å²) in [5.41, 5.74) is 2.78. The van der Waals surface area contributed by atoms with Crippen LogP contribution in [0.3, 0.4) is 0 Å². The Morgan fingerprint density at radius 3 is 2.28 bits per heavy atom. The molecule has 0 unspecified atom stereocenters. The highest BCUT2D eigenvalue weighted by Crippen LogP contribution is 2.24. The molecule has 0 bridgehead atoms. The first-order valence-corrected chi connectivity index (χ1v) is 10.8. The molecule has 0 aromatic heterocycles. The second-order valence-corrected chi connectivity index (χ2v) is 8.97. The van der Waals surface area contributed by atoms with Crippen molar-refractivity contribution in [1.82, 2.24) is 0 Å². The van der Waals surface area contributed by atoms with Gasteiger partial charge in [0.1, 0.15) is 0 Å². The van der Waals surface area contributed by atoms with E-state index in [9.17, 15) is 13.2 Å². The Balaban J connectivity index is 1.70. The minimum Gasteiger partial charge on any atom is -0.326 e. The molecule has 150 valence electrons. The van der Waals surface area contributed by atoms with Crippen LogP contribution in [0, 0.1) is 6.92 Å². The zero-order valence-corrected chi connectivity index (χ0v) is 17.7. The van der Waals surface area contributed by atoms with Gasteiger partial charge < -0.3 is 5.32 Å². The van der Waals surface area contributed by atoms with Gasteiger partial charge in [-0.3, -0.25) is 9.10 Å². The van der Waals surface area contributed by atoms with Gasteiger partial charge in [-0.15, -0.1) is 0 Å². The number of carbonyl (C=O) groups excluding carboxylic acids is 1. The van der Waals surface area contributed by atoms with Crippen LogP contribution >= 0.6 is 11.6 Å². The summed E-state index contributed by atoms with van der Waals surface area (Å²) in [5.74, 6) is -0.173. The average molecular weight is 429 g/mol. The molecule has 0 radical (unpaired) electrons. The molecule has 0 saturated carbocycles. The third-order valence-electron chi connectivity index (χ3n) is 4.61. The topological polar surface area (TPSA) is 66.5 Å². The fourth-order valence-electron chi connectivity index (χ4n) is 2.84. The molecule has 3 aromatic rings. The summed E-state index contributed by atoms with van der Waals surface area (Å²) in [4.78, 5) is 12.6. The van der Waals surface area contributed by atoms with Crippen LogP contribution in [-0.4, -0.2) is 21.4 Å². The van der Waals surface area contributed by atoms with E-state index in [4.69, 9.17) is 11.6 Å². The number of halogens is 1. The van der Waals surface area contributed by atoms with Gasteiger partial charge in [-0.2, -0.15) is 0 Å². The quantitative estimate of drug-likeness (QED) is 0.621. The van der Waals surface area contributed by atoms with Gasteiger partial charge in [0, 0.05) is 17.8 Å². The van der Waals surface area contributed by atoms with Gasteiger partial charge in [0.2, 0.25) is 5.91 Å². The zero-order chi connectivity index (χ0) is 21.0. The molecular formula is C22H21ClN2O3S. The van der Waals surface area contributed by atoms with Crippen LogP contribution in [0.4, 0.5) is 11.4 Å². The van der Waals surface area contributed by atoms with Crippen molar-refractivity contribution in [1.29, 1.82) is 0 Å². The summed E-state index contributed by atoms with van der Waals surface area (Å²) >= 11 is 6.08. The fraction of sp³-hybridized carbons (Fsp3) is 0.136. The zero-order valence-electron chi connectivity index (χ0n) is 16.1. The Morgan fingerprint density at radius 2 is 1.62 bits per heavy atom. The normalized spacial score (nSPS) is 11.1. The van der Waals surface area contributed by atoms with Crippen molar-refractivity contribution in [2.24, 2.45) is 0 Å². The summed E-state index contributed by atoms with van der Waals surface area (Å²) in [6.07, 6.45) is 0.168.